The zero-order chi connectivity index (χ0) is 26.4. The molecule has 0 fully saturated rings. The molecule has 1 N–H and O–H groups in total. The molecule has 6 nitrogen and oxygen atoms in total. The Morgan fingerprint density at radius 3 is 2.41 bits per heavy atom. The number of nitrogens with zero attached hydrogens (tertiary/aromatic N) is 1. The quantitative estimate of drug-likeness (QED) is 0.158. The first-order chi connectivity index (χ1) is 17.9. The molecule has 0 aliphatic heterocycles. The minimum Gasteiger partial charge on any atom is -0.496 e. The van der Waals surface area contributed by atoms with Gasteiger partial charge in [-0.15, -0.1) is 0 Å². The summed E-state index contributed by atoms with van der Waals surface area (Å²) in [6.07, 6.45) is 1.53. The Hall–Kier alpha value is -3.26. The topological polar surface area (TPSA) is 69.2 Å². The van der Waals surface area contributed by atoms with Crippen molar-refractivity contribution < 1.29 is 19.0 Å². The highest BCUT2D eigenvalue weighted by molar-refractivity contribution is 9.10. The van der Waals surface area contributed by atoms with E-state index in [1.807, 2.05) is 43.3 Å². The lowest BCUT2D eigenvalue weighted by atomic mass is 10.1. The van der Waals surface area contributed by atoms with E-state index >= 15 is 0 Å². The smallest absolute Gasteiger partial charge is 0.275 e. The van der Waals surface area contributed by atoms with E-state index in [1.54, 1.807) is 30.3 Å². The van der Waals surface area contributed by atoms with Gasteiger partial charge < -0.3 is 14.2 Å². The predicted molar refractivity (Wildman–Crippen MR) is 152 cm³/mol. The van der Waals surface area contributed by atoms with Gasteiger partial charge in [0.2, 0.25) is 0 Å². The summed E-state index contributed by atoms with van der Waals surface area (Å²) in [6, 6.07) is 20.2. The van der Waals surface area contributed by atoms with E-state index in [0.717, 1.165) is 16.3 Å². The van der Waals surface area contributed by atoms with E-state index in [2.05, 4.69) is 26.5 Å². The highest BCUT2D eigenvalue weighted by Crippen LogP contribution is 2.34. The Balaban J connectivity index is 1.51. The van der Waals surface area contributed by atoms with Crippen LogP contribution in [0.5, 0.6) is 17.2 Å². The van der Waals surface area contributed by atoms with Gasteiger partial charge in [-0.1, -0.05) is 53.5 Å². The largest absolute Gasteiger partial charge is 0.496 e. The molecule has 0 aliphatic carbocycles. The average Bonchev–Trinajstić information content (AvgIpc) is 2.89. The molecule has 0 saturated heterocycles. The first-order valence-corrected chi connectivity index (χ1v) is 12.9. The van der Waals surface area contributed by atoms with Crippen LogP contribution in [0, 0.1) is 0 Å². The maximum absolute atomic E-state index is 12.9. The van der Waals surface area contributed by atoms with Gasteiger partial charge in [0.15, 0.2) is 11.5 Å². The molecule has 0 aliphatic rings. The number of fused-ring (bicyclic) bond motifs is 1. The zero-order valence-electron chi connectivity index (χ0n) is 20.1. The number of carbonyl (C=O) groups excluding carboxylic acids is 1. The Kier molecular flexibility index (Phi) is 8.92. The Morgan fingerprint density at radius 1 is 0.973 bits per heavy atom. The number of amides is 1. The molecule has 0 atom stereocenters. The van der Waals surface area contributed by atoms with Gasteiger partial charge >= 0.3 is 0 Å². The van der Waals surface area contributed by atoms with Gasteiger partial charge in [-0.25, -0.2) is 5.43 Å². The van der Waals surface area contributed by atoms with E-state index in [-0.39, 0.29) is 12.5 Å². The maximum Gasteiger partial charge on any atom is 0.275 e. The second-order valence-electron chi connectivity index (χ2n) is 7.88. The van der Waals surface area contributed by atoms with Crippen LogP contribution >= 0.6 is 39.1 Å². The second-order valence-corrected chi connectivity index (χ2v) is 9.57. The van der Waals surface area contributed by atoms with Crippen molar-refractivity contribution in [2.24, 2.45) is 5.10 Å². The third-order valence-corrected chi connectivity index (χ3v) is 6.72. The number of rotatable bonds is 9. The van der Waals surface area contributed by atoms with Crippen molar-refractivity contribution in [2.75, 3.05) is 13.7 Å². The molecule has 0 bridgehead atoms. The first kappa shape index (κ1) is 26.8. The SMILES string of the molecule is CCOc1cc(/C=N\NC(=O)c2cc3ccccc3cc2OC)c(Br)cc1OCc1ccc(Cl)cc1Cl. The third-order valence-electron chi connectivity index (χ3n) is 5.44. The average molecular weight is 602 g/mol. The van der Waals surface area contributed by atoms with E-state index in [9.17, 15) is 4.79 Å². The van der Waals surface area contributed by atoms with Crippen LogP contribution in [0.4, 0.5) is 0 Å². The van der Waals surface area contributed by atoms with E-state index < -0.39 is 0 Å². The van der Waals surface area contributed by atoms with Crippen LogP contribution in [0.1, 0.15) is 28.4 Å². The Morgan fingerprint density at radius 2 is 1.70 bits per heavy atom. The molecular weight excluding hydrogens is 579 g/mol. The number of hydrazone groups is 1. The Bertz CT molecular complexity index is 1480. The van der Waals surface area contributed by atoms with Gasteiger partial charge in [0.1, 0.15) is 12.4 Å². The molecule has 4 aromatic carbocycles. The summed E-state index contributed by atoms with van der Waals surface area (Å²) in [4.78, 5) is 12.9. The summed E-state index contributed by atoms with van der Waals surface area (Å²) in [7, 11) is 1.53. The van der Waals surface area contributed by atoms with Crippen molar-refractivity contribution in [3.8, 4) is 17.2 Å². The first-order valence-electron chi connectivity index (χ1n) is 11.3. The number of carbonyl (C=O) groups is 1. The van der Waals surface area contributed by atoms with Gasteiger partial charge in [0.25, 0.3) is 5.91 Å². The van der Waals surface area contributed by atoms with Crippen molar-refractivity contribution >= 4 is 62.0 Å². The molecule has 0 unspecified atom stereocenters. The molecule has 0 spiro atoms. The number of ether oxygens (including phenoxy) is 3. The molecule has 0 saturated carbocycles. The lowest BCUT2D eigenvalue weighted by Gasteiger charge is -2.14. The van der Waals surface area contributed by atoms with Crippen molar-refractivity contribution in [3.05, 3.63) is 97.9 Å². The highest BCUT2D eigenvalue weighted by Gasteiger charge is 2.14. The molecule has 4 rings (SSSR count). The van der Waals surface area contributed by atoms with Crippen LogP contribution in [0.25, 0.3) is 10.8 Å². The van der Waals surface area contributed by atoms with Gasteiger partial charge in [-0.2, -0.15) is 5.10 Å². The molecule has 1 amide bonds. The molecule has 37 heavy (non-hydrogen) atoms. The summed E-state index contributed by atoms with van der Waals surface area (Å²) in [5, 5.41) is 7.13. The van der Waals surface area contributed by atoms with Crippen LogP contribution in [0.2, 0.25) is 10.0 Å². The number of halogens is 3. The van der Waals surface area contributed by atoms with Crippen molar-refractivity contribution in [1.29, 1.82) is 0 Å². The predicted octanol–water partition coefficient (Wildman–Crippen LogP) is 7.66. The molecule has 4 aromatic rings. The fourth-order valence-corrected chi connectivity index (χ4v) is 4.50. The van der Waals surface area contributed by atoms with E-state index in [1.165, 1.54) is 13.3 Å². The number of benzene rings is 4. The minimum absolute atomic E-state index is 0.236. The van der Waals surface area contributed by atoms with Crippen LogP contribution in [0.15, 0.2) is 76.3 Å². The van der Waals surface area contributed by atoms with E-state index in [0.29, 0.717) is 49.5 Å². The van der Waals surface area contributed by atoms with Crippen molar-refractivity contribution in [1.82, 2.24) is 5.43 Å². The summed E-state index contributed by atoms with van der Waals surface area (Å²) >= 11 is 15.8. The van der Waals surface area contributed by atoms with Crippen LogP contribution < -0.4 is 19.6 Å². The lowest BCUT2D eigenvalue weighted by Crippen LogP contribution is -2.18. The van der Waals surface area contributed by atoms with Crippen molar-refractivity contribution in [2.45, 2.75) is 13.5 Å². The van der Waals surface area contributed by atoms with Gasteiger partial charge in [-0.3, -0.25) is 4.79 Å². The number of hydrogen-bond donors (Lipinski definition) is 1. The molecule has 0 aromatic heterocycles. The fraction of sp³-hybridized carbons (Fsp3) is 0.143. The van der Waals surface area contributed by atoms with Crippen molar-refractivity contribution in [3.63, 3.8) is 0 Å². The normalized spacial score (nSPS) is 11.1. The summed E-state index contributed by atoms with van der Waals surface area (Å²) in [5.74, 6) is 1.13. The summed E-state index contributed by atoms with van der Waals surface area (Å²) in [6.45, 7) is 2.56. The molecule has 9 heteroatoms. The monoisotopic (exact) mass is 600 g/mol. The summed E-state index contributed by atoms with van der Waals surface area (Å²) in [5.41, 5.74) is 4.44. The molecular formula is C28H23BrCl2N2O4. The number of nitrogens with one attached hydrogen (secondary N) is 1. The lowest BCUT2D eigenvalue weighted by molar-refractivity contribution is 0.0952. The summed E-state index contributed by atoms with van der Waals surface area (Å²) < 4.78 is 17.9. The van der Waals surface area contributed by atoms with Gasteiger partial charge in [-0.05, 0) is 70.0 Å². The number of hydrogen-bond acceptors (Lipinski definition) is 5. The van der Waals surface area contributed by atoms with E-state index in [4.69, 9.17) is 37.4 Å². The van der Waals surface area contributed by atoms with Crippen LogP contribution in [0.3, 0.4) is 0 Å². The standard InChI is InChI=1S/C28H23BrCl2N2O4/c1-3-36-26-12-20(23(29)14-27(26)37-16-19-8-9-21(30)13-24(19)31)15-32-33-28(34)22-10-17-6-4-5-7-18(17)11-25(22)35-2/h4-15H,3,16H2,1-2H3,(H,33,34)/b32-15-. The molecule has 0 radical (unpaired) electrons. The molecule has 190 valence electrons. The molecule has 0 heterocycles. The van der Waals surface area contributed by atoms with Gasteiger partial charge in [0, 0.05) is 25.6 Å². The Labute approximate surface area is 233 Å². The minimum atomic E-state index is -0.389. The van der Waals surface area contributed by atoms with Crippen LogP contribution in [-0.2, 0) is 6.61 Å². The maximum atomic E-state index is 12.9. The fourth-order valence-electron chi connectivity index (χ4n) is 3.61. The van der Waals surface area contributed by atoms with Crippen LogP contribution in [-0.4, -0.2) is 25.8 Å². The second kappa shape index (κ2) is 12.3. The highest BCUT2D eigenvalue weighted by atomic mass is 79.9. The zero-order valence-corrected chi connectivity index (χ0v) is 23.2. The van der Waals surface area contributed by atoms with Gasteiger partial charge in [0.05, 0.1) is 25.5 Å². The number of methoxy groups -OCH3 is 1. The third kappa shape index (κ3) is 6.55.